The van der Waals surface area contributed by atoms with Gasteiger partial charge in [-0.3, -0.25) is 4.79 Å². The summed E-state index contributed by atoms with van der Waals surface area (Å²) in [4.78, 5) is 11.4. The van der Waals surface area contributed by atoms with Gasteiger partial charge in [0.1, 0.15) is 0 Å². The van der Waals surface area contributed by atoms with Crippen LogP contribution in [0, 0.1) is 17.5 Å². The minimum absolute atomic E-state index is 0.192. The molecule has 0 aliphatic rings. The van der Waals surface area contributed by atoms with Crippen molar-refractivity contribution in [2.75, 3.05) is 6.54 Å². The molecule has 0 aromatic heterocycles. The lowest BCUT2D eigenvalue weighted by Gasteiger charge is -2.11. The van der Waals surface area contributed by atoms with Gasteiger partial charge in [-0.1, -0.05) is 0 Å². The molecule has 0 radical (unpaired) electrons. The zero-order valence-corrected chi connectivity index (χ0v) is 8.56. The van der Waals surface area contributed by atoms with Gasteiger partial charge in [-0.15, -0.1) is 0 Å². The Kier molecular flexibility index (Phi) is 3.89. The smallest absolute Gasteiger partial charge is 0.251 e. The minimum atomic E-state index is -1.59. The number of hydrogen-bond donors (Lipinski definition) is 2. The largest absolute Gasteiger partial charge is 0.348 e. The molecule has 1 atom stereocenters. The van der Waals surface area contributed by atoms with Crippen LogP contribution in [0.4, 0.5) is 13.2 Å². The molecular formula is C10H11F3N2O. The van der Waals surface area contributed by atoms with Crippen molar-refractivity contribution in [3.05, 3.63) is 35.1 Å². The van der Waals surface area contributed by atoms with Gasteiger partial charge in [0.2, 0.25) is 0 Å². The number of rotatable bonds is 3. The van der Waals surface area contributed by atoms with Gasteiger partial charge in [-0.2, -0.15) is 0 Å². The third-order valence-electron chi connectivity index (χ3n) is 1.98. The molecule has 1 rings (SSSR count). The molecule has 3 N–H and O–H groups in total. The summed E-state index contributed by atoms with van der Waals surface area (Å²) >= 11 is 0. The van der Waals surface area contributed by atoms with Crippen molar-refractivity contribution in [2.24, 2.45) is 5.73 Å². The lowest BCUT2D eigenvalue weighted by molar-refractivity contribution is 0.0940. The number of carbonyl (C=O) groups excluding carboxylic acids is 1. The zero-order chi connectivity index (χ0) is 12.3. The van der Waals surface area contributed by atoms with E-state index in [1.165, 1.54) is 0 Å². The summed E-state index contributed by atoms with van der Waals surface area (Å²) in [6.45, 7) is 1.83. The van der Waals surface area contributed by atoms with Gasteiger partial charge in [0.05, 0.1) is 0 Å². The van der Waals surface area contributed by atoms with Crippen molar-refractivity contribution in [1.82, 2.24) is 5.32 Å². The first kappa shape index (κ1) is 12.5. The molecule has 0 fully saturated rings. The van der Waals surface area contributed by atoms with Crippen molar-refractivity contribution in [1.29, 1.82) is 0 Å². The second kappa shape index (κ2) is 4.98. The number of nitrogens with one attached hydrogen (secondary N) is 1. The van der Waals surface area contributed by atoms with E-state index in [1.807, 2.05) is 0 Å². The van der Waals surface area contributed by atoms with E-state index in [4.69, 9.17) is 5.73 Å². The molecule has 0 heterocycles. The zero-order valence-electron chi connectivity index (χ0n) is 8.56. The van der Waals surface area contributed by atoms with Crippen molar-refractivity contribution in [3.8, 4) is 0 Å². The summed E-state index contributed by atoms with van der Waals surface area (Å²) in [5.74, 6) is -5.09. The number of nitrogens with two attached hydrogens (primary N) is 1. The minimum Gasteiger partial charge on any atom is -0.348 e. The van der Waals surface area contributed by atoms with Crippen LogP contribution in [0.2, 0.25) is 0 Å². The van der Waals surface area contributed by atoms with Crippen LogP contribution in [0.3, 0.4) is 0 Å². The number of hydrogen-bond acceptors (Lipinski definition) is 2. The fourth-order valence-electron chi connectivity index (χ4n) is 1.05. The first-order chi connectivity index (χ1) is 7.45. The Hall–Kier alpha value is -1.56. The summed E-state index contributed by atoms with van der Waals surface area (Å²) in [7, 11) is 0. The molecule has 0 saturated carbocycles. The quantitative estimate of drug-likeness (QED) is 0.769. The molecule has 1 aromatic carbocycles. The highest BCUT2D eigenvalue weighted by atomic mass is 19.2. The Morgan fingerprint density at radius 2 is 1.88 bits per heavy atom. The summed E-state index contributed by atoms with van der Waals surface area (Å²) in [5.41, 5.74) is 4.98. The summed E-state index contributed by atoms with van der Waals surface area (Å²) in [6.07, 6.45) is 0. The van der Waals surface area contributed by atoms with E-state index in [2.05, 4.69) is 5.32 Å². The van der Waals surface area contributed by atoms with E-state index in [9.17, 15) is 18.0 Å². The van der Waals surface area contributed by atoms with E-state index in [0.717, 1.165) is 0 Å². The van der Waals surface area contributed by atoms with Crippen LogP contribution in [0.5, 0.6) is 0 Å². The topological polar surface area (TPSA) is 55.1 Å². The van der Waals surface area contributed by atoms with Gasteiger partial charge in [-0.05, 0) is 19.1 Å². The van der Waals surface area contributed by atoms with Crippen LogP contribution in [0.25, 0.3) is 0 Å². The van der Waals surface area contributed by atoms with Crippen LogP contribution >= 0.6 is 0 Å². The summed E-state index contributed by atoms with van der Waals surface area (Å²) < 4.78 is 38.2. The van der Waals surface area contributed by atoms with Crippen LogP contribution in [0.1, 0.15) is 17.3 Å². The Morgan fingerprint density at radius 3 is 2.31 bits per heavy atom. The summed E-state index contributed by atoms with van der Waals surface area (Å²) in [5, 5.41) is 2.40. The van der Waals surface area contributed by atoms with Crippen LogP contribution < -0.4 is 11.1 Å². The maximum absolute atomic E-state index is 12.8. The van der Waals surface area contributed by atoms with E-state index in [1.54, 1.807) is 6.92 Å². The number of benzene rings is 1. The number of carbonyl (C=O) groups is 1. The Balaban J connectivity index is 2.93. The maximum Gasteiger partial charge on any atom is 0.251 e. The van der Waals surface area contributed by atoms with Gasteiger partial charge in [0, 0.05) is 18.2 Å². The highest BCUT2D eigenvalue weighted by Crippen LogP contribution is 2.13. The van der Waals surface area contributed by atoms with Crippen molar-refractivity contribution >= 4 is 5.91 Å². The average Bonchev–Trinajstić information content (AvgIpc) is 2.24. The van der Waals surface area contributed by atoms with Gasteiger partial charge in [-0.25, -0.2) is 13.2 Å². The van der Waals surface area contributed by atoms with Crippen LogP contribution in [-0.2, 0) is 0 Å². The molecule has 0 aliphatic carbocycles. The molecule has 1 amide bonds. The maximum atomic E-state index is 12.8. The second-order valence-electron chi connectivity index (χ2n) is 3.36. The molecule has 0 saturated heterocycles. The highest BCUT2D eigenvalue weighted by Gasteiger charge is 2.15. The van der Waals surface area contributed by atoms with E-state index >= 15 is 0 Å². The van der Waals surface area contributed by atoms with E-state index < -0.39 is 23.4 Å². The average molecular weight is 232 g/mol. The molecule has 0 bridgehead atoms. The van der Waals surface area contributed by atoms with Crippen molar-refractivity contribution < 1.29 is 18.0 Å². The number of halogens is 3. The normalized spacial score (nSPS) is 12.3. The fourth-order valence-corrected chi connectivity index (χ4v) is 1.05. The second-order valence-corrected chi connectivity index (χ2v) is 3.36. The predicted molar refractivity (Wildman–Crippen MR) is 52.3 cm³/mol. The van der Waals surface area contributed by atoms with Crippen LogP contribution in [-0.4, -0.2) is 18.5 Å². The Bertz CT molecular complexity index is 386. The Morgan fingerprint density at radius 1 is 1.38 bits per heavy atom. The third kappa shape index (κ3) is 2.73. The first-order valence-corrected chi connectivity index (χ1v) is 4.61. The molecule has 1 aromatic rings. The van der Waals surface area contributed by atoms with E-state index in [0.29, 0.717) is 12.1 Å². The first-order valence-electron chi connectivity index (χ1n) is 4.61. The summed E-state index contributed by atoms with van der Waals surface area (Å²) in [6, 6.07) is 0.942. The van der Waals surface area contributed by atoms with Crippen molar-refractivity contribution in [3.63, 3.8) is 0 Å². The van der Waals surface area contributed by atoms with Crippen LogP contribution in [0.15, 0.2) is 12.1 Å². The van der Waals surface area contributed by atoms with Gasteiger partial charge >= 0.3 is 0 Å². The van der Waals surface area contributed by atoms with Crippen molar-refractivity contribution in [2.45, 2.75) is 13.0 Å². The lowest BCUT2D eigenvalue weighted by atomic mass is 10.2. The molecule has 0 spiro atoms. The van der Waals surface area contributed by atoms with Gasteiger partial charge in [0.25, 0.3) is 5.91 Å². The Labute approximate surface area is 90.4 Å². The molecule has 16 heavy (non-hydrogen) atoms. The standard InChI is InChI=1S/C10H11F3N2O/c1-5(4-14)15-10(16)6-2-7(11)9(13)8(12)3-6/h2-3,5H,4,14H2,1H3,(H,15,16). The van der Waals surface area contributed by atoms with E-state index in [-0.39, 0.29) is 18.2 Å². The fraction of sp³-hybridized carbons (Fsp3) is 0.300. The SMILES string of the molecule is CC(CN)NC(=O)c1cc(F)c(F)c(F)c1. The third-order valence-corrected chi connectivity index (χ3v) is 1.98. The van der Waals surface area contributed by atoms with Gasteiger partial charge < -0.3 is 11.1 Å². The molecule has 88 valence electrons. The lowest BCUT2D eigenvalue weighted by Crippen LogP contribution is -2.37. The molecule has 1 unspecified atom stereocenters. The van der Waals surface area contributed by atoms with Gasteiger partial charge in [0.15, 0.2) is 17.5 Å². The molecular weight excluding hydrogens is 221 g/mol. The number of amides is 1. The monoisotopic (exact) mass is 232 g/mol. The molecule has 0 aliphatic heterocycles. The predicted octanol–water partition coefficient (Wildman–Crippen LogP) is 1.18. The molecule has 3 nitrogen and oxygen atoms in total. The molecule has 6 heteroatoms. The highest BCUT2D eigenvalue weighted by molar-refractivity contribution is 5.94.